The van der Waals surface area contributed by atoms with Crippen LogP contribution in [0, 0.1) is 13.8 Å². The molecule has 260 valence electrons. The molecule has 0 aliphatic carbocycles. The average molecular weight is 767 g/mol. The number of hydrogen-bond acceptors (Lipinski definition) is 10. The summed E-state index contributed by atoms with van der Waals surface area (Å²) in [6, 6.07) is 14.4. The summed E-state index contributed by atoms with van der Waals surface area (Å²) in [4.78, 5) is 3.02. The minimum atomic E-state index is -1.41. The second kappa shape index (κ2) is 13.5. The molecule has 0 N–H and O–H groups in total. The second-order valence-corrected chi connectivity index (χ2v) is 19.3. The van der Waals surface area contributed by atoms with E-state index in [1.165, 1.54) is 141 Å². The van der Waals surface area contributed by atoms with Crippen LogP contribution in [0.1, 0.15) is 76.3 Å². The molecule has 13 heteroatoms. The van der Waals surface area contributed by atoms with Crippen LogP contribution in [0.4, 0.5) is 22.7 Å². The minimum Gasteiger partial charge on any atom is -0.186 e. The van der Waals surface area contributed by atoms with Crippen molar-refractivity contribution in [2.24, 2.45) is 17.5 Å². The van der Waals surface area contributed by atoms with E-state index in [2.05, 4.69) is 64.1 Å². The van der Waals surface area contributed by atoms with Crippen LogP contribution in [-0.2, 0) is 22.7 Å². The molecule has 51 heavy (non-hydrogen) atoms. The molecule has 0 fully saturated rings. The Bertz CT molecular complexity index is 2360. The maximum absolute atomic E-state index is 4.84. The summed E-state index contributed by atoms with van der Waals surface area (Å²) in [6.07, 6.45) is 9.95. The lowest BCUT2D eigenvalue weighted by atomic mass is 9.94. The van der Waals surface area contributed by atoms with Crippen LogP contribution < -0.4 is 0 Å². The zero-order chi connectivity index (χ0) is 34.7. The van der Waals surface area contributed by atoms with Gasteiger partial charge in [0.2, 0.25) is 0 Å². The van der Waals surface area contributed by atoms with E-state index in [9.17, 15) is 0 Å². The lowest BCUT2D eigenvalue weighted by Gasteiger charge is -2.39. The molecule has 9 rings (SSSR count). The van der Waals surface area contributed by atoms with Gasteiger partial charge in [0.1, 0.15) is 44.8 Å². The summed E-state index contributed by atoms with van der Waals surface area (Å²) in [7, 11) is -1.41. The first-order valence-electron chi connectivity index (χ1n) is 17.9. The number of hydrogen-bond donors (Lipinski definition) is 0. The zero-order valence-corrected chi connectivity index (χ0v) is 33.2. The molecule has 8 nitrogen and oxygen atoms in total. The first kappa shape index (κ1) is 33.4. The molecule has 0 bridgehead atoms. The van der Waals surface area contributed by atoms with Gasteiger partial charge in [-0.25, -0.2) is 0 Å². The predicted molar refractivity (Wildman–Crippen MR) is 219 cm³/mol. The molecule has 2 aromatic heterocycles. The van der Waals surface area contributed by atoms with Gasteiger partial charge in [0, 0.05) is 32.0 Å². The molecule has 0 radical (unpaired) electrons. The maximum atomic E-state index is 4.84. The zero-order valence-electron chi connectivity index (χ0n) is 29.2. The van der Waals surface area contributed by atoms with Crippen molar-refractivity contribution in [3.63, 3.8) is 0 Å². The lowest BCUT2D eigenvalue weighted by molar-refractivity contribution is 0.696. The normalized spacial score (nSPS) is 15.2. The fraction of sp³-hybridized carbons (Fsp3) is 0.368. The monoisotopic (exact) mass is 766 g/mol. The van der Waals surface area contributed by atoms with E-state index in [4.69, 9.17) is 34.9 Å². The number of unbranched alkanes of at least 4 members (excludes halogenated alkanes) is 6. The molecule has 0 unspecified atom stereocenters. The van der Waals surface area contributed by atoms with Crippen molar-refractivity contribution in [2.75, 3.05) is 11.5 Å². The Kier molecular flexibility index (Phi) is 8.82. The fourth-order valence-electron chi connectivity index (χ4n) is 8.05. The van der Waals surface area contributed by atoms with E-state index in [1.54, 1.807) is 0 Å². The quantitative estimate of drug-likeness (QED) is 0.116. The molecular formula is C38H38N8S5. The molecule has 0 saturated heterocycles. The average Bonchev–Trinajstić information content (AvgIpc) is 4.00. The van der Waals surface area contributed by atoms with Crippen LogP contribution in [-0.4, -0.2) is 29.0 Å². The topological polar surface area (TPSA) is 101 Å². The van der Waals surface area contributed by atoms with Gasteiger partial charge in [-0.3, -0.25) is 0 Å². The van der Waals surface area contributed by atoms with Crippen molar-refractivity contribution >= 4 is 101 Å². The van der Waals surface area contributed by atoms with Gasteiger partial charge in [-0.2, -0.15) is 45.0 Å². The molecular weight excluding hydrogens is 729 g/mol. The van der Waals surface area contributed by atoms with Gasteiger partial charge in [-0.15, -0.1) is 0 Å². The highest BCUT2D eigenvalue weighted by molar-refractivity contribution is 8.34. The number of nitrogens with zero attached hydrogens (tertiary/aromatic N) is 8. The summed E-state index contributed by atoms with van der Waals surface area (Å²) in [5, 5.41) is 0. The SMILES string of the molecule is CCCCCCS1(CCCCCC)c2cc(-c3c4c(c(C)c5nsnc35)N=S=N4)ccc2-c2ccc(-c3c4c(c(C)c5nsnc35)N=S=N4)cc21. The van der Waals surface area contributed by atoms with Crippen molar-refractivity contribution in [2.45, 2.75) is 88.9 Å². The van der Waals surface area contributed by atoms with Gasteiger partial charge < -0.3 is 0 Å². The third kappa shape index (κ3) is 5.25. The molecule has 6 aromatic rings. The summed E-state index contributed by atoms with van der Waals surface area (Å²) in [5.74, 6) is 2.38. The molecule has 4 aromatic carbocycles. The first-order valence-corrected chi connectivity index (χ1v) is 22.8. The number of aryl methyl sites for hydroxylation is 2. The third-order valence-corrected chi connectivity index (χ3v) is 17.1. The Morgan fingerprint density at radius 1 is 0.510 bits per heavy atom. The van der Waals surface area contributed by atoms with Crippen LogP contribution >= 0.6 is 33.5 Å². The first-order chi connectivity index (χ1) is 25.1. The Morgan fingerprint density at radius 2 is 0.941 bits per heavy atom. The second-order valence-electron chi connectivity index (χ2n) is 13.7. The number of benzene rings is 4. The minimum absolute atomic E-state index is 0.933. The molecule has 0 spiro atoms. The van der Waals surface area contributed by atoms with Crippen molar-refractivity contribution in [1.82, 2.24) is 17.5 Å². The van der Waals surface area contributed by atoms with Crippen molar-refractivity contribution in [1.29, 1.82) is 0 Å². The fourth-order valence-corrected chi connectivity index (χ4v) is 15.1. The molecule has 3 aliphatic rings. The lowest BCUT2D eigenvalue weighted by Crippen LogP contribution is -2.10. The number of rotatable bonds is 12. The predicted octanol–water partition coefficient (Wildman–Crippen LogP) is 13.5. The summed E-state index contributed by atoms with van der Waals surface area (Å²) in [6.45, 7) is 8.79. The number of fused-ring (bicyclic) bond motifs is 7. The highest BCUT2D eigenvalue weighted by Gasteiger charge is 2.39. The van der Waals surface area contributed by atoms with Crippen LogP contribution in [0.3, 0.4) is 0 Å². The van der Waals surface area contributed by atoms with Gasteiger partial charge in [-0.05, 0) is 72.6 Å². The summed E-state index contributed by atoms with van der Waals surface area (Å²) in [5.41, 5.74) is 16.8. The highest BCUT2D eigenvalue weighted by atomic mass is 32.3. The molecule has 0 amide bonds. The molecule has 0 saturated carbocycles. The van der Waals surface area contributed by atoms with Crippen LogP contribution in [0.2, 0.25) is 0 Å². The van der Waals surface area contributed by atoms with E-state index >= 15 is 0 Å². The van der Waals surface area contributed by atoms with Gasteiger partial charge in [0.05, 0.1) is 46.2 Å². The molecule has 3 aliphatic heterocycles. The van der Waals surface area contributed by atoms with Crippen molar-refractivity contribution in [3.05, 3.63) is 47.5 Å². The maximum Gasteiger partial charge on any atom is 0.115 e. The van der Waals surface area contributed by atoms with Gasteiger partial charge in [0.25, 0.3) is 0 Å². The standard InChI is InChI=1S/C38H38N8S5/c1-5-7-9-11-17-51(18-12-10-8-6-2)27-19-23(29-35-31(39-47-43-35)21(3)32-36(29)44-48-40-32)13-15-25(27)26-16-14-24(20-28(26)51)30-37-33(41-49-45-37)22(4)34-38(30)46-50-42-34/h13-16,19-20H,5-12,17-18H2,1-4H3. The van der Waals surface area contributed by atoms with Gasteiger partial charge in [0.15, 0.2) is 0 Å². The Morgan fingerprint density at radius 3 is 1.39 bits per heavy atom. The summed E-state index contributed by atoms with van der Waals surface area (Å²) < 4.78 is 38.2. The van der Waals surface area contributed by atoms with Crippen LogP contribution in [0.5, 0.6) is 0 Å². The van der Waals surface area contributed by atoms with Crippen molar-refractivity contribution in [3.8, 4) is 33.4 Å². The van der Waals surface area contributed by atoms with Gasteiger partial charge in [-0.1, -0.05) is 76.6 Å². The summed E-state index contributed by atoms with van der Waals surface area (Å²) >= 11 is 5.10. The smallest absolute Gasteiger partial charge is 0.115 e. The molecule has 5 heterocycles. The van der Waals surface area contributed by atoms with E-state index in [0.717, 1.165) is 67.1 Å². The largest absolute Gasteiger partial charge is 0.186 e. The van der Waals surface area contributed by atoms with E-state index < -0.39 is 10.0 Å². The molecule has 0 atom stereocenters. The van der Waals surface area contributed by atoms with Crippen LogP contribution in [0.25, 0.3) is 55.4 Å². The van der Waals surface area contributed by atoms with E-state index in [-0.39, 0.29) is 0 Å². The Labute approximate surface area is 315 Å². The van der Waals surface area contributed by atoms with E-state index in [0.29, 0.717) is 0 Å². The number of aromatic nitrogens is 4. The van der Waals surface area contributed by atoms with Crippen molar-refractivity contribution < 1.29 is 0 Å². The van der Waals surface area contributed by atoms with Gasteiger partial charge >= 0.3 is 0 Å². The Balaban J connectivity index is 1.26. The van der Waals surface area contributed by atoms with E-state index in [1.807, 2.05) is 0 Å². The van der Waals surface area contributed by atoms with Crippen LogP contribution in [0.15, 0.2) is 63.6 Å². The highest BCUT2D eigenvalue weighted by Crippen LogP contribution is 2.73. The Hall–Kier alpha value is -3.49. The third-order valence-electron chi connectivity index (χ3n) is 10.7.